The molecule has 1 aromatic rings. The highest BCUT2D eigenvalue weighted by atomic mass is 32.2. The van der Waals surface area contributed by atoms with Gasteiger partial charge in [0.25, 0.3) is 0 Å². The molecule has 2 rings (SSSR count). The van der Waals surface area contributed by atoms with Crippen LogP contribution in [0.4, 0.5) is 0 Å². The molecule has 22 heavy (non-hydrogen) atoms. The maximum atomic E-state index is 12.7. The van der Waals surface area contributed by atoms with Crippen molar-refractivity contribution in [3.63, 3.8) is 0 Å². The summed E-state index contributed by atoms with van der Waals surface area (Å²) < 4.78 is 49.0. The highest BCUT2D eigenvalue weighted by Gasteiger charge is 2.37. The predicted octanol–water partition coefficient (Wildman–Crippen LogP) is 1.75. The lowest BCUT2D eigenvalue weighted by molar-refractivity contribution is 0.00744. The van der Waals surface area contributed by atoms with Gasteiger partial charge in [0.1, 0.15) is 0 Å². The van der Waals surface area contributed by atoms with E-state index in [4.69, 9.17) is 5.53 Å². The van der Waals surface area contributed by atoms with E-state index in [0.717, 1.165) is 0 Å². The lowest BCUT2D eigenvalue weighted by atomic mass is 10.00. The number of hydrogen-bond acceptors (Lipinski definition) is 4. The molecule has 1 aliphatic rings. The Morgan fingerprint density at radius 2 is 1.59 bits per heavy atom. The Labute approximate surface area is 130 Å². The summed E-state index contributed by atoms with van der Waals surface area (Å²) in [5.41, 5.74) is 9.62. The second-order valence-corrected chi connectivity index (χ2v) is 9.77. The van der Waals surface area contributed by atoms with Crippen molar-refractivity contribution in [2.45, 2.75) is 48.0 Å². The van der Waals surface area contributed by atoms with Gasteiger partial charge >= 0.3 is 5.55 Å². The van der Waals surface area contributed by atoms with Crippen LogP contribution in [0.25, 0.3) is 5.53 Å². The number of hydrogen-bond donors (Lipinski definition) is 0. The highest BCUT2D eigenvalue weighted by Crippen LogP contribution is 2.32. The Kier molecular flexibility index (Phi) is 4.84. The van der Waals surface area contributed by atoms with E-state index in [-0.39, 0.29) is 12.8 Å². The van der Waals surface area contributed by atoms with E-state index >= 15 is 0 Å². The van der Waals surface area contributed by atoms with Crippen LogP contribution in [-0.2, 0) is 19.7 Å². The number of sulfone groups is 2. The number of benzene rings is 1. The van der Waals surface area contributed by atoms with Crippen LogP contribution in [0.3, 0.4) is 0 Å². The van der Waals surface area contributed by atoms with E-state index in [1.165, 1.54) is 0 Å². The first-order valence-corrected chi connectivity index (χ1v) is 10.2. The van der Waals surface area contributed by atoms with Gasteiger partial charge in [0.2, 0.25) is 9.84 Å². The molecule has 1 aromatic carbocycles. The summed E-state index contributed by atoms with van der Waals surface area (Å²) in [6.45, 7) is 1.75. The minimum Gasteiger partial charge on any atom is -0.361 e. The normalized spacial score (nSPS) is 22.8. The Bertz CT molecular complexity index is 801. The summed E-state index contributed by atoms with van der Waals surface area (Å²) in [5.74, 6) is 0. The summed E-state index contributed by atoms with van der Waals surface area (Å²) in [6, 6.07) is 6.81. The SMILES string of the molecule is Cc1ccccc1S(=O)(=O)C1CCC(S(=O)(=O)C=[N+]=[N-])CC1. The van der Waals surface area contributed by atoms with Gasteiger partial charge < -0.3 is 5.53 Å². The van der Waals surface area contributed by atoms with Crippen LogP contribution < -0.4 is 0 Å². The highest BCUT2D eigenvalue weighted by molar-refractivity contribution is 8.04. The van der Waals surface area contributed by atoms with Crippen molar-refractivity contribution >= 4 is 25.2 Å². The van der Waals surface area contributed by atoms with Crippen LogP contribution in [-0.4, -0.2) is 37.7 Å². The molecular formula is C14H18N2O4S2. The smallest absolute Gasteiger partial charge is 0.361 e. The van der Waals surface area contributed by atoms with Crippen LogP contribution in [0.15, 0.2) is 29.2 Å². The molecule has 0 radical (unpaired) electrons. The Balaban J connectivity index is 2.19. The minimum atomic E-state index is -3.61. The molecule has 120 valence electrons. The third-order valence-corrected chi connectivity index (χ3v) is 8.33. The fraction of sp³-hybridized carbons (Fsp3) is 0.500. The van der Waals surface area contributed by atoms with Gasteiger partial charge in [0.05, 0.1) is 15.4 Å². The third kappa shape index (κ3) is 3.29. The van der Waals surface area contributed by atoms with Gasteiger partial charge in [-0.3, -0.25) is 0 Å². The van der Waals surface area contributed by atoms with Gasteiger partial charge in [-0.25, -0.2) is 16.8 Å². The average Bonchev–Trinajstić information content (AvgIpc) is 2.47. The molecule has 0 bridgehead atoms. The van der Waals surface area contributed by atoms with Crippen LogP contribution >= 0.6 is 0 Å². The first-order chi connectivity index (χ1) is 10.3. The second-order valence-electron chi connectivity index (χ2n) is 5.52. The zero-order chi connectivity index (χ0) is 16.4. The van der Waals surface area contributed by atoms with Gasteiger partial charge in [0, 0.05) is 0 Å². The number of aryl methyl sites for hydroxylation is 1. The molecule has 0 aliphatic heterocycles. The predicted molar refractivity (Wildman–Crippen MR) is 83.0 cm³/mol. The molecule has 0 amide bonds. The van der Waals surface area contributed by atoms with Crippen molar-refractivity contribution in [3.05, 3.63) is 35.4 Å². The van der Waals surface area contributed by atoms with Crippen molar-refractivity contribution in [2.75, 3.05) is 0 Å². The lowest BCUT2D eigenvalue weighted by Gasteiger charge is -2.26. The molecule has 0 spiro atoms. The van der Waals surface area contributed by atoms with Crippen molar-refractivity contribution < 1.29 is 21.6 Å². The Morgan fingerprint density at radius 3 is 2.14 bits per heavy atom. The van der Waals surface area contributed by atoms with Crippen molar-refractivity contribution in [3.8, 4) is 0 Å². The standard InChI is InChI=1S/C14H18N2O4S2/c1-11-4-2-3-5-14(11)22(19,20)13-8-6-12(7-9-13)21(17,18)10-16-15/h2-5,10,12-13H,6-9H2,1H3. The molecule has 8 heteroatoms. The fourth-order valence-electron chi connectivity index (χ4n) is 2.88. The van der Waals surface area contributed by atoms with Crippen LogP contribution in [0.1, 0.15) is 31.2 Å². The fourth-order valence-corrected chi connectivity index (χ4v) is 6.15. The summed E-state index contributed by atoms with van der Waals surface area (Å²) in [6.07, 6.45) is 1.09. The molecule has 0 heterocycles. The quantitative estimate of drug-likeness (QED) is 0.360. The number of nitrogens with zero attached hydrogens (tertiary/aromatic N) is 2. The topological polar surface area (TPSA) is 105 Å². The first kappa shape index (κ1) is 16.9. The zero-order valence-corrected chi connectivity index (χ0v) is 13.8. The number of rotatable bonds is 4. The largest absolute Gasteiger partial charge is 0.370 e. The molecule has 0 N–H and O–H groups in total. The summed E-state index contributed by atoms with van der Waals surface area (Å²) in [4.78, 5) is 2.90. The molecule has 0 unspecified atom stereocenters. The maximum absolute atomic E-state index is 12.7. The first-order valence-electron chi connectivity index (χ1n) is 7.00. The van der Waals surface area contributed by atoms with E-state index in [1.54, 1.807) is 31.2 Å². The Hall–Kier alpha value is -1.50. The lowest BCUT2D eigenvalue weighted by Crippen LogP contribution is -2.34. The van der Waals surface area contributed by atoms with Gasteiger partial charge in [-0.2, -0.15) is 4.79 Å². The van der Waals surface area contributed by atoms with E-state index in [1.807, 2.05) is 0 Å². The van der Waals surface area contributed by atoms with Gasteiger partial charge in [-0.05, 0) is 44.2 Å². The van der Waals surface area contributed by atoms with Crippen LogP contribution in [0.5, 0.6) is 0 Å². The van der Waals surface area contributed by atoms with E-state index in [9.17, 15) is 16.8 Å². The van der Waals surface area contributed by atoms with Gasteiger partial charge in [-0.15, -0.1) is 0 Å². The van der Waals surface area contributed by atoms with Crippen molar-refractivity contribution in [1.29, 1.82) is 0 Å². The van der Waals surface area contributed by atoms with Gasteiger partial charge in [-0.1, -0.05) is 18.2 Å². The van der Waals surface area contributed by atoms with Crippen LogP contribution in [0.2, 0.25) is 0 Å². The van der Waals surface area contributed by atoms with Crippen molar-refractivity contribution in [2.24, 2.45) is 0 Å². The molecule has 6 nitrogen and oxygen atoms in total. The minimum absolute atomic E-state index is 0.254. The molecular weight excluding hydrogens is 324 g/mol. The van der Waals surface area contributed by atoms with Crippen LogP contribution in [0, 0.1) is 6.92 Å². The monoisotopic (exact) mass is 342 g/mol. The zero-order valence-electron chi connectivity index (χ0n) is 12.2. The second kappa shape index (κ2) is 6.32. The summed E-state index contributed by atoms with van der Waals surface area (Å²) >= 11 is 0. The molecule has 1 saturated carbocycles. The molecule has 0 aromatic heterocycles. The Morgan fingerprint density at radius 1 is 1.05 bits per heavy atom. The molecule has 1 fully saturated rings. The van der Waals surface area contributed by atoms with Crippen molar-refractivity contribution in [1.82, 2.24) is 0 Å². The maximum Gasteiger partial charge on any atom is 0.370 e. The van der Waals surface area contributed by atoms with Gasteiger partial charge in [0.15, 0.2) is 9.84 Å². The average molecular weight is 342 g/mol. The van der Waals surface area contributed by atoms with E-state index in [0.29, 0.717) is 28.8 Å². The summed E-state index contributed by atoms with van der Waals surface area (Å²) in [5, 5.41) is -1.24. The van der Waals surface area contributed by atoms with E-state index in [2.05, 4.69) is 4.79 Å². The molecule has 0 saturated heterocycles. The third-order valence-electron chi connectivity index (χ3n) is 4.12. The molecule has 0 atom stereocenters. The van der Waals surface area contributed by atoms with E-state index < -0.39 is 30.2 Å². The molecule has 1 aliphatic carbocycles. The summed E-state index contributed by atoms with van der Waals surface area (Å²) in [7, 11) is -7.06.